The lowest BCUT2D eigenvalue weighted by atomic mass is 9.69. The first-order valence-electron chi connectivity index (χ1n) is 10.7. The third kappa shape index (κ3) is 3.85. The molecule has 2 aliphatic rings. The molecule has 1 amide bonds. The van der Waals surface area contributed by atoms with Crippen LogP contribution >= 0.6 is 0 Å². The first-order valence-corrected chi connectivity index (χ1v) is 10.7. The standard InChI is InChI=1S/C26H29NO5/c1-26(2)14-21-25(22(28)15-26)20(19-8-6-7-9-23(19)32-5)13-24(29)27(21)16-10-17(30-3)12-18(11-16)31-4/h6-12,20H,13-15H2,1-5H3. The van der Waals surface area contributed by atoms with Gasteiger partial charge in [0, 0.05) is 53.8 Å². The Morgan fingerprint density at radius 1 is 0.906 bits per heavy atom. The van der Waals surface area contributed by atoms with E-state index < -0.39 is 0 Å². The van der Waals surface area contributed by atoms with E-state index in [0.717, 1.165) is 11.3 Å². The zero-order valence-electron chi connectivity index (χ0n) is 19.2. The van der Waals surface area contributed by atoms with Gasteiger partial charge in [0.05, 0.1) is 27.0 Å². The zero-order valence-corrected chi connectivity index (χ0v) is 19.2. The van der Waals surface area contributed by atoms with E-state index in [1.807, 2.05) is 24.3 Å². The quantitative estimate of drug-likeness (QED) is 0.670. The molecule has 32 heavy (non-hydrogen) atoms. The molecule has 0 N–H and O–H groups in total. The molecule has 0 fully saturated rings. The molecule has 1 heterocycles. The average Bonchev–Trinajstić information content (AvgIpc) is 2.77. The number of para-hydroxylation sites is 1. The van der Waals surface area contributed by atoms with Crippen molar-refractivity contribution in [2.75, 3.05) is 26.2 Å². The van der Waals surface area contributed by atoms with Gasteiger partial charge in [-0.25, -0.2) is 0 Å². The second-order valence-electron chi connectivity index (χ2n) is 9.10. The number of rotatable bonds is 5. The van der Waals surface area contributed by atoms with E-state index in [9.17, 15) is 9.59 Å². The van der Waals surface area contributed by atoms with E-state index in [2.05, 4.69) is 13.8 Å². The normalized spacial score (nSPS) is 20.2. The number of carbonyl (C=O) groups is 2. The number of carbonyl (C=O) groups excluding carboxylic acids is 2. The Bertz CT molecular complexity index is 1080. The van der Waals surface area contributed by atoms with Crippen molar-refractivity contribution >= 4 is 17.4 Å². The van der Waals surface area contributed by atoms with Crippen LogP contribution in [0.1, 0.15) is 44.6 Å². The van der Waals surface area contributed by atoms with Crippen molar-refractivity contribution in [1.82, 2.24) is 0 Å². The van der Waals surface area contributed by atoms with E-state index in [4.69, 9.17) is 14.2 Å². The summed E-state index contributed by atoms with van der Waals surface area (Å²) in [5.41, 5.74) is 2.72. The van der Waals surface area contributed by atoms with Gasteiger partial charge in [0.1, 0.15) is 17.2 Å². The lowest BCUT2D eigenvalue weighted by Crippen LogP contribution is -2.43. The number of anilines is 1. The molecule has 6 heteroatoms. The van der Waals surface area contributed by atoms with E-state index in [1.54, 1.807) is 44.4 Å². The largest absolute Gasteiger partial charge is 0.497 e. The summed E-state index contributed by atoms with van der Waals surface area (Å²) in [6, 6.07) is 13.0. The predicted molar refractivity (Wildman–Crippen MR) is 122 cm³/mol. The number of amides is 1. The third-order valence-corrected chi connectivity index (χ3v) is 6.25. The molecule has 1 aliphatic carbocycles. The van der Waals surface area contributed by atoms with Crippen molar-refractivity contribution in [2.45, 2.75) is 39.0 Å². The first kappa shape index (κ1) is 21.9. The van der Waals surface area contributed by atoms with Gasteiger partial charge in [-0.15, -0.1) is 0 Å². The van der Waals surface area contributed by atoms with E-state index in [0.29, 0.717) is 41.4 Å². The third-order valence-electron chi connectivity index (χ3n) is 6.25. The van der Waals surface area contributed by atoms with Crippen LogP contribution in [0, 0.1) is 5.41 Å². The molecule has 1 atom stereocenters. The van der Waals surface area contributed by atoms with Crippen molar-refractivity contribution < 1.29 is 23.8 Å². The minimum atomic E-state index is -0.332. The maximum absolute atomic E-state index is 13.6. The molecule has 0 saturated heterocycles. The van der Waals surface area contributed by atoms with Crippen LogP contribution in [0.25, 0.3) is 0 Å². The van der Waals surface area contributed by atoms with E-state index >= 15 is 0 Å². The molecule has 0 aromatic heterocycles. The highest BCUT2D eigenvalue weighted by Crippen LogP contribution is 2.50. The minimum Gasteiger partial charge on any atom is -0.497 e. The molecule has 6 nitrogen and oxygen atoms in total. The van der Waals surface area contributed by atoms with Crippen molar-refractivity contribution in [2.24, 2.45) is 5.41 Å². The van der Waals surface area contributed by atoms with Gasteiger partial charge < -0.3 is 14.2 Å². The van der Waals surface area contributed by atoms with Gasteiger partial charge in [-0.05, 0) is 17.9 Å². The Balaban J connectivity index is 1.93. The molecule has 4 rings (SSSR count). The number of benzene rings is 2. The smallest absolute Gasteiger partial charge is 0.232 e. The Morgan fingerprint density at radius 2 is 1.56 bits per heavy atom. The van der Waals surface area contributed by atoms with Crippen molar-refractivity contribution in [3.05, 3.63) is 59.3 Å². The topological polar surface area (TPSA) is 65.1 Å². The van der Waals surface area contributed by atoms with Crippen molar-refractivity contribution in [3.63, 3.8) is 0 Å². The van der Waals surface area contributed by atoms with Gasteiger partial charge in [0.2, 0.25) is 5.91 Å². The second-order valence-corrected chi connectivity index (χ2v) is 9.10. The van der Waals surface area contributed by atoms with Crippen LogP contribution in [0.3, 0.4) is 0 Å². The molecular weight excluding hydrogens is 406 g/mol. The van der Waals surface area contributed by atoms with Gasteiger partial charge in [-0.2, -0.15) is 0 Å². The van der Waals surface area contributed by atoms with Crippen LogP contribution in [0.5, 0.6) is 17.2 Å². The number of hydrogen-bond donors (Lipinski definition) is 0. The van der Waals surface area contributed by atoms with Crippen molar-refractivity contribution in [3.8, 4) is 17.2 Å². The monoisotopic (exact) mass is 435 g/mol. The fraction of sp³-hybridized carbons (Fsp3) is 0.385. The van der Waals surface area contributed by atoms with Gasteiger partial charge >= 0.3 is 0 Å². The van der Waals surface area contributed by atoms with Gasteiger partial charge in [0.25, 0.3) is 0 Å². The SMILES string of the molecule is COc1cc(OC)cc(N2C(=O)CC(c3ccccc3OC)C3=C2CC(C)(C)CC3=O)c1. The second kappa shape index (κ2) is 8.34. The zero-order chi connectivity index (χ0) is 23.0. The summed E-state index contributed by atoms with van der Waals surface area (Å²) in [5, 5.41) is 0. The molecular formula is C26H29NO5. The summed E-state index contributed by atoms with van der Waals surface area (Å²) >= 11 is 0. The fourth-order valence-electron chi connectivity index (χ4n) is 4.86. The Hall–Kier alpha value is -3.28. The molecule has 168 valence electrons. The molecule has 0 saturated carbocycles. The van der Waals surface area contributed by atoms with Gasteiger partial charge in [-0.1, -0.05) is 32.0 Å². The molecule has 2 aromatic rings. The summed E-state index contributed by atoms with van der Waals surface area (Å²) < 4.78 is 16.4. The van der Waals surface area contributed by atoms with Crippen LogP contribution in [0.15, 0.2) is 53.7 Å². The van der Waals surface area contributed by atoms with Crippen LogP contribution in [0.4, 0.5) is 5.69 Å². The average molecular weight is 436 g/mol. The Labute approximate surface area is 188 Å². The maximum Gasteiger partial charge on any atom is 0.232 e. The van der Waals surface area contributed by atoms with Crippen LogP contribution < -0.4 is 19.1 Å². The number of methoxy groups -OCH3 is 3. The highest BCUT2D eigenvalue weighted by molar-refractivity contribution is 6.08. The highest BCUT2D eigenvalue weighted by Gasteiger charge is 2.45. The lowest BCUT2D eigenvalue weighted by molar-refractivity contribution is -0.121. The maximum atomic E-state index is 13.6. The summed E-state index contributed by atoms with van der Waals surface area (Å²) in [4.78, 5) is 28.8. The molecule has 2 aromatic carbocycles. The minimum absolute atomic E-state index is 0.0690. The predicted octanol–water partition coefficient (Wildman–Crippen LogP) is 4.88. The van der Waals surface area contributed by atoms with Gasteiger partial charge in [0.15, 0.2) is 5.78 Å². The van der Waals surface area contributed by atoms with Crippen LogP contribution in [0.2, 0.25) is 0 Å². The number of Topliss-reactive ketones (excluding diaryl/α,β-unsaturated/α-hetero) is 1. The molecule has 1 aliphatic heterocycles. The molecule has 0 radical (unpaired) electrons. The van der Waals surface area contributed by atoms with Gasteiger partial charge in [-0.3, -0.25) is 14.5 Å². The first-order chi connectivity index (χ1) is 15.3. The number of ketones is 1. The molecule has 0 bridgehead atoms. The number of hydrogen-bond acceptors (Lipinski definition) is 5. The van der Waals surface area contributed by atoms with Crippen molar-refractivity contribution in [1.29, 1.82) is 0 Å². The van der Waals surface area contributed by atoms with Crippen LogP contribution in [-0.2, 0) is 9.59 Å². The number of allylic oxidation sites excluding steroid dienone is 2. The number of ether oxygens (including phenoxy) is 3. The summed E-state index contributed by atoms with van der Waals surface area (Å²) in [6.45, 7) is 4.13. The highest BCUT2D eigenvalue weighted by atomic mass is 16.5. The summed E-state index contributed by atoms with van der Waals surface area (Å²) in [7, 11) is 4.76. The van der Waals surface area contributed by atoms with Crippen LogP contribution in [-0.4, -0.2) is 33.0 Å². The van der Waals surface area contributed by atoms with E-state index in [-0.39, 0.29) is 29.4 Å². The number of nitrogens with zero attached hydrogens (tertiary/aromatic N) is 1. The Kier molecular flexibility index (Phi) is 5.71. The summed E-state index contributed by atoms with van der Waals surface area (Å²) in [6.07, 6.45) is 1.25. The lowest BCUT2D eigenvalue weighted by Gasteiger charge is -2.43. The van der Waals surface area contributed by atoms with E-state index in [1.165, 1.54) is 0 Å². The molecule has 1 unspecified atom stereocenters. The summed E-state index contributed by atoms with van der Waals surface area (Å²) in [5.74, 6) is 1.54. The fourth-order valence-corrected chi connectivity index (χ4v) is 4.86. The Morgan fingerprint density at radius 3 is 2.19 bits per heavy atom. The molecule has 0 spiro atoms.